The van der Waals surface area contributed by atoms with E-state index in [2.05, 4.69) is 23.7 Å². The first kappa shape index (κ1) is 10.3. The van der Waals surface area contributed by atoms with E-state index < -0.39 is 0 Å². The third-order valence-electron chi connectivity index (χ3n) is 2.12. The fourth-order valence-electron chi connectivity index (χ4n) is 1.29. The summed E-state index contributed by atoms with van der Waals surface area (Å²) in [5.74, 6) is 0.906. The standard InChI is InChI=1S/C12H13NOS/c1-2-11-8-13-12(14-11)15-9-10-6-4-3-5-7-10/h2-7,11H,1,8-9H2/t11-/m1/s1. The predicted molar refractivity (Wildman–Crippen MR) is 65.1 cm³/mol. The second-order valence-electron chi connectivity index (χ2n) is 3.27. The highest BCUT2D eigenvalue weighted by Crippen LogP contribution is 2.19. The lowest BCUT2D eigenvalue weighted by Crippen LogP contribution is -2.07. The van der Waals surface area contributed by atoms with Gasteiger partial charge in [-0.2, -0.15) is 0 Å². The summed E-state index contributed by atoms with van der Waals surface area (Å²) in [7, 11) is 0. The van der Waals surface area contributed by atoms with Crippen molar-refractivity contribution in [2.24, 2.45) is 4.99 Å². The molecule has 1 aromatic rings. The van der Waals surface area contributed by atoms with E-state index >= 15 is 0 Å². The van der Waals surface area contributed by atoms with Gasteiger partial charge in [0.1, 0.15) is 6.10 Å². The number of hydrogen-bond acceptors (Lipinski definition) is 3. The minimum absolute atomic E-state index is 0.0725. The number of ether oxygens (including phenoxy) is 1. The van der Waals surface area contributed by atoms with Gasteiger partial charge < -0.3 is 4.74 Å². The van der Waals surface area contributed by atoms with Gasteiger partial charge in [0.25, 0.3) is 0 Å². The quantitative estimate of drug-likeness (QED) is 0.729. The van der Waals surface area contributed by atoms with Crippen LogP contribution < -0.4 is 0 Å². The molecule has 0 saturated heterocycles. The molecule has 15 heavy (non-hydrogen) atoms. The van der Waals surface area contributed by atoms with Crippen LogP contribution in [0.15, 0.2) is 48.0 Å². The van der Waals surface area contributed by atoms with Gasteiger partial charge in [-0.15, -0.1) is 0 Å². The molecule has 1 aliphatic heterocycles. The average Bonchev–Trinajstić information content (AvgIpc) is 2.76. The number of aliphatic imine (C=N–C) groups is 1. The molecule has 0 fully saturated rings. The van der Waals surface area contributed by atoms with E-state index in [1.807, 2.05) is 18.2 Å². The lowest BCUT2D eigenvalue weighted by Gasteiger charge is -2.05. The third kappa shape index (κ3) is 2.86. The molecule has 0 amide bonds. The van der Waals surface area contributed by atoms with Gasteiger partial charge >= 0.3 is 0 Å². The van der Waals surface area contributed by atoms with Crippen LogP contribution in [0.4, 0.5) is 0 Å². The van der Waals surface area contributed by atoms with E-state index in [-0.39, 0.29) is 6.10 Å². The Morgan fingerprint density at radius 2 is 2.27 bits per heavy atom. The Labute approximate surface area is 94.1 Å². The smallest absolute Gasteiger partial charge is 0.246 e. The van der Waals surface area contributed by atoms with Crippen molar-refractivity contribution in [3.8, 4) is 0 Å². The second kappa shape index (κ2) is 5.03. The molecule has 1 heterocycles. The highest BCUT2D eigenvalue weighted by molar-refractivity contribution is 8.12. The summed E-state index contributed by atoms with van der Waals surface area (Å²) in [5.41, 5.74) is 1.29. The van der Waals surface area contributed by atoms with Crippen molar-refractivity contribution in [1.82, 2.24) is 0 Å². The van der Waals surface area contributed by atoms with Crippen molar-refractivity contribution in [3.05, 3.63) is 48.6 Å². The van der Waals surface area contributed by atoms with Gasteiger partial charge in [0, 0.05) is 5.75 Å². The summed E-state index contributed by atoms with van der Waals surface area (Å²) in [6, 6.07) is 10.3. The minimum atomic E-state index is 0.0725. The molecule has 0 spiro atoms. The van der Waals surface area contributed by atoms with Gasteiger partial charge in [0.2, 0.25) is 5.23 Å². The fraction of sp³-hybridized carbons (Fsp3) is 0.250. The van der Waals surface area contributed by atoms with Gasteiger partial charge in [0.15, 0.2) is 0 Å². The van der Waals surface area contributed by atoms with E-state index in [0.717, 1.165) is 11.0 Å². The summed E-state index contributed by atoms with van der Waals surface area (Å²) < 4.78 is 5.53. The molecule has 2 rings (SSSR count). The second-order valence-corrected chi connectivity index (χ2v) is 4.20. The number of nitrogens with zero attached hydrogens (tertiary/aromatic N) is 1. The number of rotatable bonds is 3. The lowest BCUT2D eigenvalue weighted by atomic mass is 10.2. The van der Waals surface area contributed by atoms with Gasteiger partial charge in [0.05, 0.1) is 6.54 Å². The van der Waals surface area contributed by atoms with Crippen LogP contribution in [0.1, 0.15) is 5.56 Å². The van der Waals surface area contributed by atoms with Crippen molar-refractivity contribution in [3.63, 3.8) is 0 Å². The normalized spacial score (nSPS) is 19.5. The highest BCUT2D eigenvalue weighted by atomic mass is 32.2. The molecule has 1 aromatic carbocycles. The fourth-order valence-corrected chi connectivity index (χ4v) is 2.13. The van der Waals surface area contributed by atoms with Crippen molar-refractivity contribution in [1.29, 1.82) is 0 Å². The molecular weight excluding hydrogens is 206 g/mol. The molecule has 0 saturated carbocycles. The van der Waals surface area contributed by atoms with Crippen molar-refractivity contribution in [2.45, 2.75) is 11.9 Å². The van der Waals surface area contributed by atoms with Gasteiger partial charge in [-0.05, 0) is 11.6 Å². The average molecular weight is 219 g/mol. The number of thioether (sulfide) groups is 1. The number of benzene rings is 1. The summed E-state index contributed by atoms with van der Waals surface area (Å²) in [4.78, 5) is 4.29. The molecule has 2 nitrogen and oxygen atoms in total. The highest BCUT2D eigenvalue weighted by Gasteiger charge is 2.16. The predicted octanol–water partition coefficient (Wildman–Crippen LogP) is 2.86. The Morgan fingerprint density at radius 3 is 2.93 bits per heavy atom. The van der Waals surface area contributed by atoms with E-state index in [0.29, 0.717) is 6.54 Å². The molecule has 1 aliphatic rings. The maximum atomic E-state index is 5.53. The van der Waals surface area contributed by atoms with Crippen LogP contribution >= 0.6 is 11.8 Å². The molecule has 0 bridgehead atoms. The van der Waals surface area contributed by atoms with Gasteiger partial charge in [-0.1, -0.05) is 48.7 Å². The largest absolute Gasteiger partial charge is 0.464 e. The summed E-state index contributed by atoms with van der Waals surface area (Å²) in [6.45, 7) is 4.40. The molecular formula is C12H13NOS. The van der Waals surface area contributed by atoms with Crippen molar-refractivity contribution >= 4 is 17.0 Å². The van der Waals surface area contributed by atoms with E-state index in [9.17, 15) is 0 Å². The molecule has 0 unspecified atom stereocenters. The topological polar surface area (TPSA) is 21.6 Å². The van der Waals surface area contributed by atoms with Gasteiger partial charge in [-0.25, -0.2) is 4.99 Å². The summed E-state index contributed by atoms with van der Waals surface area (Å²) in [5, 5.41) is 0.781. The monoisotopic (exact) mass is 219 g/mol. The van der Waals surface area contributed by atoms with Crippen LogP contribution in [-0.2, 0) is 10.5 Å². The zero-order chi connectivity index (χ0) is 10.5. The first-order valence-corrected chi connectivity index (χ1v) is 5.87. The molecule has 0 N–H and O–H groups in total. The van der Waals surface area contributed by atoms with Crippen LogP contribution in [0.3, 0.4) is 0 Å². The van der Waals surface area contributed by atoms with Crippen molar-refractivity contribution in [2.75, 3.05) is 6.54 Å². The lowest BCUT2D eigenvalue weighted by molar-refractivity contribution is 0.282. The van der Waals surface area contributed by atoms with Gasteiger partial charge in [-0.3, -0.25) is 0 Å². The third-order valence-corrected chi connectivity index (χ3v) is 3.07. The van der Waals surface area contributed by atoms with Crippen LogP contribution in [0.25, 0.3) is 0 Å². The van der Waals surface area contributed by atoms with E-state index in [1.54, 1.807) is 17.8 Å². The molecule has 0 aromatic heterocycles. The molecule has 78 valence electrons. The summed E-state index contributed by atoms with van der Waals surface area (Å²) >= 11 is 1.64. The first-order valence-electron chi connectivity index (χ1n) is 4.89. The Morgan fingerprint density at radius 1 is 1.47 bits per heavy atom. The number of hydrogen-bond donors (Lipinski definition) is 0. The van der Waals surface area contributed by atoms with E-state index in [4.69, 9.17) is 4.74 Å². The molecule has 3 heteroatoms. The Bertz CT molecular complexity index is 361. The van der Waals surface area contributed by atoms with E-state index in [1.165, 1.54) is 5.56 Å². The zero-order valence-electron chi connectivity index (χ0n) is 8.43. The molecule has 0 aliphatic carbocycles. The SMILES string of the molecule is C=C[C@@H]1CN=C(SCc2ccccc2)O1. The van der Waals surface area contributed by atoms with Crippen molar-refractivity contribution < 1.29 is 4.74 Å². The van der Waals surface area contributed by atoms with Crippen LogP contribution in [0.2, 0.25) is 0 Å². The maximum absolute atomic E-state index is 5.53. The minimum Gasteiger partial charge on any atom is -0.464 e. The Balaban J connectivity index is 1.82. The van der Waals surface area contributed by atoms with Crippen LogP contribution in [0.5, 0.6) is 0 Å². The van der Waals surface area contributed by atoms with Crippen LogP contribution in [0, 0.1) is 0 Å². The maximum Gasteiger partial charge on any atom is 0.246 e. The summed E-state index contributed by atoms with van der Waals surface area (Å²) in [6.07, 6.45) is 1.86. The molecule has 0 radical (unpaired) electrons. The first-order chi connectivity index (χ1) is 7.38. The zero-order valence-corrected chi connectivity index (χ0v) is 9.24. The molecule has 1 atom stereocenters. The Kier molecular flexibility index (Phi) is 3.45. The Hall–Kier alpha value is -1.22. The van der Waals surface area contributed by atoms with Crippen LogP contribution in [-0.4, -0.2) is 17.9 Å².